The number of nitrogens with zero attached hydrogens (tertiary/aromatic N) is 1. The molecule has 5 nitrogen and oxygen atoms in total. The van der Waals surface area contributed by atoms with Crippen molar-refractivity contribution in [2.75, 3.05) is 31.6 Å². The maximum atomic E-state index is 11.3. The summed E-state index contributed by atoms with van der Waals surface area (Å²) in [7, 11) is -2.97. The second-order valence-corrected chi connectivity index (χ2v) is 9.92. The van der Waals surface area contributed by atoms with Crippen LogP contribution in [0.15, 0.2) is 33.7 Å². The molecule has 0 saturated heterocycles. The summed E-state index contributed by atoms with van der Waals surface area (Å²) in [6.07, 6.45) is 5.98. The minimum Gasteiger partial charge on any atom is -0.357 e. The molecule has 0 bridgehead atoms. The normalized spacial score (nSPS) is 16.8. The van der Waals surface area contributed by atoms with Gasteiger partial charge in [0.15, 0.2) is 5.96 Å². The first kappa shape index (κ1) is 23.7. The van der Waals surface area contributed by atoms with Crippen molar-refractivity contribution in [1.82, 2.24) is 10.6 Å². The minimum atomic E-state index is -2.97. The van der Waals surface area contributed by atoms with E-state index in [0.717, 1.165) is 23.9 Å². The molecule has 148 valence electrons. The van der Waals surface area contributed by atoms with Crippen LogP contribution in [0.3, 0.4) is 0 Å². The van der Waals surface area contributed by atoms with Gasteiger partial charge in [-0.3, -0.25) is 4.99 Å². The predicted molar refractivity (Wildman–Crippen MR) is 123 cm³/mol. The number of aliphatic imine (C=N–C) groups is 1. The van der Waals surface area contributed by atoms with Crippen molar-refractivity contribution in [3.8, 4) is 0 Å². The van der Waals surface area contributed by atoms with Gasteiger partial charge in [-0.1, -0.05) is 40.9 Å². The fraction of sp³-hybridized carbons (Fsp3) is 0.611. The largest absolute Gasteiger partial charge is 0.357 e. The highest BCUT2D eigenvalue weighted by Crippen LogP contribution is 2.41. The van der Waals surface area contributed by atoms with Gasteiger partial charge in [-0.25, -0.2) is 8.42 Å². The molecule has 1 aliphatic carbocycles. The minimum absolute atomic E-state index is 0. The van der Waals surface area contributed by atoms with Gasteiger partial charge in [0.05, 0.1) is 12.3 Å². The third-order valence-electron chi connectivity index (χ3n) is 4.67. The maximum Gasteiger partial charge on any atom is 0.191 e. The van der Waals surface area contributed by atoms with Crippen molar-refractivity contribution in [3.05, 3.63) is 34.3 Å². The van der Waals surface area contributed by atoms with Gasteiger partial charge in [-0.2, -0.15) is 0 Å². The van der Waals surface area contributed by atoms with Gasteiger partial charge in [0, 0.05) is 29.2 Å². The Morgan fingerprint density at radius 1 is 1.19 bits per heavy atom. The van der Waals surface area contributed by atoms with Crippen molar-refractivity contribution in [3.63, 3.8) is 0 Å². The Balaban J connectivity index is 0.00000338. The molecule has 0 amide bonds. The smallest absolute Gasteiger partial charge is 0.191 e. The lowest BCUT2D eigenvalue weighted by Crippen LogP contribution is -2.40. The molecule has 2 rings (SSSR count). The van der Waals surface area contributed by atoms with E-state index in [4.69, 9.17) is 4.99 Å². The molecular formula is C18H29BrIN3O2S. The van der Waals surface area contributed by atoms with E-state index in [9.17, 15) is 8.42 Å². The summed E-state index contributed by atoms with van der Waals surface area (Å²) in [6, 6.07) is 8.56. The number of halogens is 2. The molecule has 1 aromatic carbocycles. The topological polar surface area (TPSA) is 70.6 Å². The van der Waals surface area contributed by atoms with E-state index in [0.29, 0.717) is 19.0 Å². The molecule has 1 saturated carbocycles. The summed E-state index contributed by atoms with van der Waals surface area (Å²) in [6.45, 7) is 3.84. The van der Waals surface area contributed by atoms with Crippen LogP contribution in [0.25, 0.3) is 0 Å². The fourth-order valence-corrected chi connectivity index (χ4v) is 4.06. The molecule has 0 atom stereocenters. The molecule has 26 heavy (non-hydrogen) atoms. The summed E-state index contributed by atoms with van der Waals surface area (Å²) in [5.74, 6) is 0.796. The molecule has 1 aliphatic rings. The highest BCUT2D eigenvalue weighted by molar-refractivity contribution is 14.0. The van der Waals surface area contributed by atoms with Crippen LogP contribution in [0.1, 0.15) is 38.2 Å². The maximum absolute atomic E-state index is 11.3. The first-order valence-electron chi connectivity index (χ1n) is 8.81. The highest BCUT2D eigenvalue weighted by atomic mass is 127. The van der Waals surface area contributed by atoms with Gasteiger partial charge in [-0.15, -0.1) is 24.0 Å². The molecule has 2 N–H and O–H groups in total. The van der Waals surface area contributed by atoms with Crippen LogP contribution < -0.4 is 10.6 Å². The lowest BCUT2D eigenvalue weighted by atomic mass is 9.79. The first-order chi connectivity index (χ1) is 11.8. The zero-order valence-corrected chi connectivity index (χ0v) is 20.2. The Morgan fingerprint density at radius 2 is 1.81 bits per heavy atom. The third kappa shape index (κ3) is 7.34. The highest BCUT2D eigenvalue weighted by Gasteiger charge is 2.35. The molecule has 1 aromatic rings. The van der Waals surface area contributed by atoms with E-state index in [1.807, 2.05) is 6.92 Å². The van der Waals surface area contributed by atoms with Gasteiger partial charge in [-0.05, 0) is 37.5 Å². The monoisotopic (exact) mass is 557 g/mol. The predicted octanol–water partition coefficient (Wildman–Crippen LogP) is 3.48. The van der Waals surface area contributed by atoms with Crippen molar-refractivity contribution in [2.24, 2.45) is 4.99 Å². The standard InChI is InChI=1S/C18H28BrN3O2S.HI/c1-3-20-17(21-12-13-25(2,23)24)22-14-18(10-4-5-11-18)15-6-8-16(19)9-7-15;/h6-9H,3-5,10-14H2,1-2H3,(H2,20,21,22);1H. The Bertz CT molecular complexity index is 687. The van der Waals surface area contributed by atoms with Gasteiger partial charge in [0.25, 0.3) is 0 Å². The Labute approximate surface area is 182 Å². The number of guanidine groups is 1. The zero-order valence-electron chi connectivity index (χ0n) is 15.4. The van der Waals surface area contributed by atoms with Crippen molar-refractivity contribution in [1.29, 1.82) is 0 Å². The van der Waals surface area contributed by atoms with Crippen LogP contribution in [-0.4, -0.2) is 46.0 Å². The second kappa shape index (κ2) is 10.8. The molecule has 0 radical (unpaired) electrons. The number of benzene rings is 1. The lowest BCUT2D eigenvalue weighted by molar-refractivity contribution is 0.452. The van der Waals surface area contributed by atoms with Crippen LogP contribution in [-0.2, 0) is 15.3 Å². The Morgan fingerprint density at radius 3 is 2.35 bits per heavy atom. The average molecular weight is 558 g/mol. The number of hydrogen-bond acceptors (Lipinski definition) is 3. The van der Waals surface area contributed by atoms with Gasteiger partial charge in [0.2, 0.25) is 0 Å². The first-order valence-corrected chi connectivity index (χ1v) is 11.7. The van der Waals surface area contributed by atoms with E-state index in [2.05, 4.69) is 50.8 Å². The van der Waals surface area contributed by atoms with E-state index < -0.39 is 9.84 Å². The molecule has 0 spiro atoms. The van der Waals surface area contributed by atoms with Crippen molar-refractivity contribution >= 4 is 55.7 Å². The summed E-state index contributed by atoms with van der Waals surface area (Å²) in [5.41, 5.74) is 1.42. The number of rotatable bonds is 7. The van der Waals surface area contributed by atoms with Crippen molar-refractivity contribution in [2.45, 2.75) is 38.0 Å². The molecule has 8 heteroatoms. The lowest BCUT2D eigenvalue weighted by Gasteiger charge is -2.28. The van der Waals surface area contributed by atoms with Crippen LogP contribution in [0.4, 0.5) is 0 Å². The van der Waals surface area contributed by atoms with Crippen LogP contribution >= 0.6 is 39.9 Å². The molecular weight excluding hydrogens is 529 g/mol. The molecule has 0 aliphatic heterocycles. The summed E-state index contributed by atoms with van der Waals surface area (Å²) in [4.78, 5) is 4.77. The summed E-state index contributed by atoms with van der Waals surface area (Å²) < 4.78 is 23.7. The SMILES string of the molecule is CCNC(=NCC1(c2ccc(Br)cc2)CCCC1)NCCS(C)(=O)=O.I. The fourth-order valence-electron chi connectivity index (χ4n) is 3.32. The Hall–Kier alpha value is -0.350. The number of sulfone groups is 1. The van der Waals surface area contributed by atoms with Gasteiger partial charge >= 0.3 is 0 Å². The Kier molecular flexibility index (Phi) is 9.88. The second-order valence-electron chi connectivity index (χ2n) is 6.75. The van der Waals surface area contributed by atoms with Crippen LogP contribution in [0.5, 0.6) is 0 Å². The molecule has 0 heterocycles. The van der Waals surface area contributed by atoms with Crippen molar-refractivity contribution < 1.29 is 8.42 Å². The summed E-state index contributed by atoms with van der Waals surface area (Å²) >= 11 is 3.50. The molecule has 0 unspecified atom stereocenters. The summed E-state index contributed by atoms with van der Waals surface area (Å²) in [5, 5.41) is 6.34. The van der Waals surface area contributed by atoms with E-state index in [-0.39, 0.29) is 35.1 Å². The molecule has 0 aromatic heterocycles. The zero-order chi connectivity index (χ0) is 18.3. The van der Waals surface area contributed by atoms with Crippen LogP contribution in [0.2, 0.25) is 0 Å². The third-order valence-corrected chi connectivity index (χ3v) is 6.14. The van der Waals surface area contributed by atoms with E-state index >= 15 is 0 Å². The van der Waals surface area contributed by atoms with Crippen LogP contribution in [0, 0.1) is 0 Å². The number of nitrogens with one attached hydrogen (secondary N) is 2. The number of hydrogen-bond donors (Lipinski definition) is 2. The van der Waals surface area contributed by atoms with E-state index in [1.165, 1.54) is 24.7 Å². The van der Waals surface area contributed by atoms with E-state index in [1.54, 1.807) is 0 Å². The van der Waals surface area contributed by atoms with Gasteiger partial charge < -0.3 is 10.6 Å². The quantitative estimate of drug-likeness (QED) is 0.306. The average Bonchev–Trinajstić information content (AvgIpc) is 3.02. The molecule has 1 fully saturated rings. The van der Waals surface area contributed by atoms with Gasteiger partial charge in [0.1, 0.15) is 9.84 Å².